The summed E-state index contributed by atoms with van der Waals surface area (Å²) in [5.41, 5.74) is 7.43. The van der Waals surface area contributed by atoms with Gasteiger partial charge >= 0.3 is 0 Å². The second kappa shape index (κ2) is 6.13. The number of nitrogens with two attached hydrogens (primary N) is 1. The number of hydrogen-bond donors (Lipinski definition) is 1. The van der Waals surface area contributed by atoms with Gasteiger partial charge in [0, 0.05) is 38.2 Å². The zero-order chi connectivity index (χ0) is 16.7. The fraction of sp³-hybridized carbons (Fsp3) is 0.667. The SMILES string of the molecule is CC1C([N+](=O)[O-])=C2N(CC3=CCC(Cl)N=C3)CCN2C(N)C1C. The number of fused-ring (bicyclic) bond motifs is 1. The Bertz CT molecular complexity index is 603. The highest BCUT2D eigenvalue weighted by Crippen LogP contribution is 2.38. The minimum atomic E-state index is -0.244. The van der Waals surface area contributed by atoms with Crippen LogP contribution in [0.25, 0.3) is 0 Å². The van der Waals surface area contributed by atoms with E-state index in [1.165, 1.54) is 0 Å². The average Bonchev–Trinajstić information content (AvgIpc) is 2.91. The summed E-state index contributed by atoms with van der Waals surface area (Å²) < 4.78 is 0. The van der Waals surface area contributed by atoms with Crippen LogP contribution in [0.3, 0.4) is 0 Å². The minimum absolute atomic E-state index is 0.0477. The Labute approximate surface area is 140 Å². The highest BCUT2D eigenvalue weighted by Gasteiger charge is 2.47. The molecule has 3 heterocycles. The van der Waals surface area contributed by atoms with Gasteiger partial charge in [0.25, 0.3) is 5.70 Å². The lowest BCUT2D eigenvalue weighted by atomic mass is 9.86. The lowest BCUT2D eigenvalue weighted by Gasteiger charge is -2.39. The number of dihydropyridines is 1. The van der Waals surface area contributed by atoms with Gasteiger partial charge in [-0.1, -0.05) is 31.5 Å². The molecule has 126 valence electrons. The predicted molar refractivity (Wildman–Crippen MR) is 89.4 cm³/mol. The van der Waals surface area contributed by atoms with Crippen molar-refractivity contribution in [1.29, 1.82) is 0 Å². The van der Waals surface area contributed by atoms with Gasteiger partial charge in [-0.2, -0.15) is 0 Å². The molecular weight excluding hydrogens is 318 g/mol. The number of allylic oxidation sites excluding steroid dienone is 1. The Hall–Kier alpha value is -1.60. The zero-order valence-corrected chi connectivity index (χ0v) is 14.1. The molecule has 4 atom stereocenters. The van der Waals surface area contributed by atoms with Crippen LogP contribution >= 0.6 is 11.6 Å². The van der Waals surface area contributed by atoms with E-state index in [0.717, 1.165) is 12.1 Å². The highest BCUT2D eigenvalue weighted by molar-refractivity contribution is 6.21. The van der Waals surface area contributed by atoms with E-state index in [0.29, 0.717) is 25.3 Å². The van der Waals surface area contributed by atoms with Crippen molar-refractivity contribution in [2.45, 2.75) is 31.9 Å². The molecule has 3 aliphatic heterocycles. The molecule has 0 radical (unpaired) electrons. The van der Waals surface area contributed by atoms with Gasteiger partial charge in [-0.3, -0.25) is 15.1 Å². The van der Waals surface area contributed by atoms with E-state index >= 15 is 0 Å². The number of aliphatic imine (C=N–C) groups is 1. The molecule has 0 aromatic rings. The smallest absolute Gasteiger partial charge is 0.289 e. The fourth-order valence-electron chi connectivity index (χ4n) is 3.52. The molecule has 0 bridgehead atoms. The summed E-state index contributed by atoms with van der Waals surface area (Å²) in [6.07, 6.45) is 4.33. The topological polar surface area (TPSA) is 88.0 Å². The molecule has 1 saturated heterocycles. The van der Waals surface area contributed by atoms with Gasteiger partial charge in [-0.05, 0) is 5.57 Å². The number of halogens is 1. The van der Waals surface area contributed by atoms with Crippen LogP contribution in [0.2, 0.25) is 0 Å². The molecule has 8 heteroatoms. The van der Waals surface area contributed by atoms with Crippen LogP contribution in [-0.2, 0) is 0 Å². The molecule has 1 fully saturated rings. The maximum absolute atomic E-state index is 11.6. The maximum Gasteiger partial charge on any atom is 0.289 e. The van der Waals surface area contributed by atoms with Gasteiger partial charge in [0.2, 0.25) is 0 Å². The van der Waals surface area contributed by atoms with Crippen molar-refractivity contribution in [3.63, 3.8) is 0 Å². The summed E-state index contributed by atoms with van der Waals surface area (Å²) in [4.78, 5) is 19.6. The predicted octanol–water partition coefficient (Wildman–Crippen LogP) is 1.59. The van der Waals surface area contributed by atoms with Crippen molar-refractivity contribution in [3.8, 4) is 0 Å². The number of nitrogens with zero attached hydrogens (tertiary/aromatic N) is 4. The van der Waals surface area contributed by atoms with Crippen molar-refractivity contribution in [3.05, 3.63) is 33.3 Å². The third-order valence-electron chi connectivity index (χ3n) is 5.08. The van der Waals surface area contributed by atoms with Crippen LogP contribution in [-0.4, -0.2) is 52.2 Å². The van der Waals surface area contributed by atoms with Crippen molar-refractivity contribution in [1.82, 2.24) is 9.80 Å². The van der Waals surface area contributed by atoms with Crippen molar-refractivity contribution in [2.24, 2.45) is 22.6 Å². The van der Waals surface area contributed by atoms with Crippen molar-refractivity contribution in [2.75, 3.05) is 19.6 Å². The quantitative estimate of drug-likeness (QED) is 0.365. The Morgan fingerprint density at radius 3 is 2.83 bits per heavy atom. The van der Waals surface area contributed by atoms with E-state index in [1.807, 2.05) is 23.6 Å². The lowest BCUT2D eigenvalue weighted by molar-refractivity contribution is -0.440. The monoisotopic (exact) mass is 339 g/mol. The number of hydrogen-bond acceptors (Lipinski definition) is 6. The second-order valence-corrected chi connectivity index (χ2v) is 6.95. The summed E-state index contributed by atoms with van der Waals surface area (Å²) in [6.45, 7) is 5.92. The molecule has 4 unspecified atom stereocenters. The first-order valence-electron chi connectivity index (χ1n) is 7.92. The molecule has 3 rings (SSSR count). The van der Waals surface area contributed by atoms with Gasteiger partial charge < -0.3 is 15.5 Å². The first kappa shape index (κ1) is 16.3. The van der Waals surface area contributed by atoms with E-state index in [2.05, 4.69) is 11.1 Å². The van der Waals surface area contributed by atoms with Crippen LogP contribution in [0.4, 0.5) is 0 Å². The van der Waals surface area contributed by atoms with E-state index in [-0.39, 0.29) is 34.1 Å². The Balaban J connectivity index is 1.91. The number of rotatable bonds is 3. The lowest BCUT2D eigenvalue weighted by Crippen LogP contribution is -2.52. The Kier molecular flexibility index (Phi) is 4.33. The molecule has 0 aromatic heterocycles. The molecule has 2 N–H and O–H groups in total. The first-order chi connectivity index (χ1) is 10.9. The summed E-state index contributed by atoms with van der Waals surface area (Å²) in [5, 5.41) is 11.6. The van der Waals surface area contributed by atoms with Crippen LogP contribution < -0.4 is 5.73 Å². The standard InChI is InChI=1S/C15H22ClN5O2/c1-9-10(2)14(17)20-6-5-19(15(20)13(9)21(22)23)8-11-3-4-12(16)18-7-11/h3,7,9-10,12,14H,4-6,8,17H2,1-2H3. The average molecular weight is 340 g/mol. The normalized spacial score (nSPS) is 33.8. The number of alkyl halides is 1. The van der Waals surface area contributed by atoms with Crippen LogP contribution in [0.1, 0.15) is 20.3 Å². The molecule has 0 saturated carbocycles. The summed E-state index contributed by atoms with van der Waals surface area (Å²) in [5.74, 6) is 0.551. The molecule has 23 heavy (non-hydrogen) atoms. The molecule has 3 aliphatic rings. The molecule has 0 aromatic carbocycles. The second-order valence-electron chi connectivity index (χ2n) is 6.45. The van der Waals surface area contributed by atoms with E-state index in [9.17, 15) is 10.1 Å². The Morgan fingerprint density at radius 2 is 2.22 bits per heavy atom. The van der Waals surface area contributed by atoms with E-state index in [1.54, 1.807) is 6.21 Å². The van der Waals surface area contributed by atoms with Crippen molar-refractivity contribution < 1.29 is 4.92 Å². The molecule has 0 aliphatic carbocycles. The maximum atomic E-state index is 11.6. The fourth-order valence-corrected chi connectivity index (χ4v) is 3.67. The summed E-state index contributed by atoms with van der Waals surface area (Å²) >= 11 is 5.95. The zero-order valence-electron chi connectivity index (χ0n) is 13.4. The van der Waals surface area contributed by atoms with Gasteiger partial charge in [0.15, 0.2) is 5.82 Å². The summed E-state index contributed by atoms with van der Waals surface area (Å²) in [7, 11) is 0. The van der Waals surface area contributed by atoms with E-state index in [4.69, 9.17) is 17.3 Å². The first-order valence-corrected chi connectivity index (χ1v) is 8.35. The van der Waals surface area contributed by atoms with Gasteiger partial charge in [-0.25, -0.2) is 0 Å². The van der Waals surface area contributed by atoms with Gasteiger partial charge in [0.1, 0.15) is 5.50 Å². The van der Waals surface area contributed by atoms with Gasteiger partial charge in [-0.15, -0.1) is 0 Å². The molecule has 0 spiro atoms. The van der Waals surface area contributed by atoms with Crippen molar-refractivity contribution >= 4 is 17.8 Å². The van der Waals surface area contributed by atoms with E-state index < -0.39 is 0 Å². The van der Waals surface area contributed by atoms with Crippen LogP contribution in [0.5, 0.6) is 0 Å². The molecule has 0 amide bonds. The number of nitro groups is 1. The van der Waals surface area contributed by atoms with Gasteiger partial charge in [0.05, 0.1) is 17.0 Å². The molecule has 7 nitrogen and oxygen atoms in total. The molecular formula is C15H22ClN5O2. The van der Waals surface area contributed by atoms with Crippen LogP contribution in [0.15, 0.2) is 28.2 Å². The Morgan fingerprint density at radius 1 is 1.48 bits per heavy atom. The summed E-state index contributed by atoms with van der Waals surface area (Å²) in [6, 6.07) is 0. The highest BCUT2D eigenvalue weighted by atomic mass is 35.5. The third kappa shape index (κ3) is 2.83. The van der Waals surface area contributed by atoms with Crippen LogP contribution in [0, 0.1) is 22.0 Å². The largest absolute Gasteiger partial charge is 0.347 e. The third-order valence-corrected chi connectivity index (χ3v) is 5.37. The minimum Gasteiger partial charge on any atom is -0.347 e.